The average Bonchev–Trinajstić information content (AvgIpc) is 2.74. The van der Waals surface area contributed by atoms with Gasteiger partial charge >= 0.3 is 5.97 Å². The van der Waals surface area contributed by atoms with Crippen LogP contribution in [0.5, 0.6) is 5.75 Å². The van der Waals surface area contributed by atoms with Crippen molar-refractivity contribution >= 4 is 17.6 Å². The number of anilines is 1. The third kappa shape index (κ3) is 4.06. The summed E-state index contributed by atoms with van der Waals surface area (Å²) >= 11 is 0. The minimum absolute atomic E-state index is 0.312. The quantitative estimate of drug-likeness (QED) is 0.630. The lowest BCUT2D eigenvalue weighted by molar-refractivity contribution is -0.134. The van der Waals surface area contributed by atoms with Gasteiger partial charge in [-0.1, -0.05) is 54.6 Å². The highest BCUT2D eigenvalue weighted by molar-refractivity contribution is 6.03. The van der Waals surface area contributed by atoms with Crippen LogP contribution in [0, 0.1) is 6.92 Å². The summed E-state index contributed by atoms with van der Waals surface area (Å²) in [5.41, 5.74) is 2.59. The Balaban J connectivity index is 1.54. The number of ether oxygens (including phenoxy) is 2. The SMILES string of the molecule is Cc1ccc(NC(=O)C2(C)Cc3ccccc3C(=O)O2)c(OCc2ccccc2)c1. The van der Waals surface area contributed by atoms with E-state index in [-0.39, 0.29) is 0 Å². The molecular weight excluding hydrogens is 378 g/mol. The van der Waals surface area contributed by atoms with Gasteiger partial charge in [0.1, 0.15) is 12.4 Å². The van der Waals surface area contributed by atoms with E-state index in [2.05, 4.69) is 5.32 Å². The van der Waals surface area contributed by atoms with Gasteiger partial charge in [0.05, 0.1) is 11.3 Å². The van der Waals surface area contributed by atoms with Crippen molar-refractivity contribution in [2.24, 2.45) is 0 Å². The van der Waals surface area contributed by atoms with Gasteiger partial charge < -0.3 is 14.8 Å². The molecule has 1 aliphatic heterocycles. The number of hydrogen-bond acceptors (Lipinski definition) is 4. The average molecular weight is 401 g/mol. The predicted octanol–water partition coefficient (Wildman–Crippen LogP) is 4.68. The third-order valence-electron chi connectivity index (χ3n) is 5.19. The van der Waals surface area contributed by atoms with E-state index in [1.54, 1.807) is 25.1 Å². The molecule has 0 aliphatic carbocycles. The number of carbonyl (C=O) groups excluding carboxylic acids is 2. The number of rotatable bonds is 5. The van der Waals surface area contributed by atoms with Crippen LogP contribution in [0.2, 0.25) is 0 Å². The summed E-state index contributed by atoms with van der Waals surface area (Å²) in [6.07, 6.45) is 0.312. The minimum Gasteiger partial charge on any atom is -0.487 e. The van der Waals surface area contributed by atoms with E-state index in [1.807, 2.05) is 61.5 Å². The Kier molecular flexibility index (Phi) is 5.27. The second kappa shape index (κ2) is 8.03. The van der Waals surface area contributed by atoms with Crippen LogP contribution in [-0.2, 0) is 22.6 Å². The van der Waals surface area contributed by atoms with Gasteiger partial charge in [0.15, 0.2) is 5.60 Å². The number of carbonyl (C=O) groups is 2. The second-order valence-corrected chi connectivity index (χ2v) is 7.68. The normalized spacial score (nSPS) is 17.6. The maximum absolute atomic E-state index is 13.1. The molecule has 4 rings (SSSR count). The highest BCUT2D eigenvalue weighted by atomic mass is 16.6. The van der Waals surface area contributed by atoms with E-state index >= 15 is 0 Å². The van der Waals surface area contributed by atoms with Crippen LogP contribution >= 0.6 is 0 Å². The predicted molar refractivity (Wildman–Crippen MR) is 115 cm³/mol. The summed E-state index contributed by atoms with van der Waals surface area (Å²) in [5.74, 6) is -0.309. The fourth-order valence-electron chi connectivity index (χ4n) is 3.50. The summed E-state index contributed by atoms with van der Waals surface area (Å²) in [7, 11) is 0. The number of nitrogens with one attached hydrogen (secondary N) is 1. The van der Waals surface area contributed by atoms with Gasteiger partial charge in [0.25, 0.3) is 5.91 Å². The maximum atomic E-state index is 13.1. The Labute approximate surface area is 175 Å². The molecule has 152 valence electrons. The topological polar surface area (TPSA) is 64.6 Å². The van der Waals surface area contributed by atoms with Crippen molar-refractivity contribution in [3.05, 3.63) is 95.1 Å². The first kappa shape index (κ1) is 19.7. The summed E-state index contributed by atoms with van der Waals surface area (Å²) in [6.45, 7) is 3.98. The lowest BCUT2D eigenvalue weighted by atomic mass is 9.89. The Morgan fingerprint density at radius 2 is 1.80 bits per heavy atom. The Morgan fingerprint density at radius 3 is 2.60 bits per heavy atom. The molecule has 0 bridgehead atoms. The largest absolute Gasteiger partial charge is 0.487 e. The van der Waals surface area contributed by atoms with Crippen LogP contribution in [0.15, 0.2) is 72.8 Å². The maximum Gasteiger partial charge on any atom is 0.339 e. The van der Waals surface area contributed by atoms with Crippen LogP contribution in [0.4, 0.5) is 5.69 Å². The van der Waals surface area contributed by atoms with Gasteiger partial charge in [0.2, 0.25) is 0 Å². The highest BCUT2D eigenvalue weighted by Gasteiger charge is 2.42. The molecule has 0 radical (unpaired) electrons. The van der Waals surface area contributed by atoms with Crippen molar-refractivity contribution in [1.82, 2.24) is 0 Å². The van der Waals surface area contributed by atoms with Crippen molar-refractivity contribution in [3.8, 4) is 5.75 Å². The molecule has 0 saturated heterocycles. The molecule has 5 heteroatoms. The van der Waals surface area contributed by atoms with E-state index < -0.39 is 17.5 Å². The smallest absolute Gasteiger partial charge is 0.339 e. The van der Waals surface area contributed by atoms with Crippen molar-refractivity contribution in [1.29, 1.82) is 0 Å². The minimum atomic E-state index is -1.30. The Hall–Kier alpha value is -3.60. The summed E-state index contributed by atoms with van der Waals surface area (Å²) < 4.78 is 11.5. The van der Waals surface area contributed by atoms with Crippen LogP contribution in [-0.4, -0.2) is 17.5 Å². The second-order valence-electron chi connectivity index (χ2n) is 7.68. The van der Waals surface area contributed by atoms with Crippen molar-refractivity contribution in [2.45, 2.75) is 32.5 Å². The molecule has 1 atom stereocenters. The summed E-state index contributed by atoms with van der Waals surface area (Å²) in [5, 5.41) is 2.89. The van der Waals surface area contributed by atoms with Gasteiger partial charge in [0, 0.05) is 6.42 Å². The third-order valence-corrected chi connectivity index (χ3v) is 5.19. The van der Waals surface area contributed by atoms with Crippen LogP contribution in [0.1, 0.15) is 34.0 Å². The monoisotopic (exact) mass is 401 g/mol. The summed E-state index contributed by atoms with van der Waals surface area (Å²) in [4.78, 5) is 25.5. The number of aryl methyl sites for hydroxylation is 1. The van der Waals surface area contributed by atoms with E-state index in [0.29, 0.717) is 30.0 Å². The van der Waals surface area contributed by atoms with Crippen LogP contribution in [0.25, 0.3) is 0 Å². The van der Waals surface area contributed by atoms with Gasteiger partial charge in [-0.25, -0.2) is 4.79 Å². The van der Waals surface area contributed by atoms with Gasteiger partial charge in [-0.2, -0.15) is 0 Å². The van der Waals surface area contributed by atoms with E-state index in [1.165, 1.54) is 0 Å². The number of fused-ring (bicyclic) bond motifs is 1. The first-order chi connectivity index (χ1) is 14.4. The van der Waals surface area contributed by atoms with Crippen LogP contribution in [0.3, 0.4) is 0 Å². The molecule has 0 aromatic heterocycles. The van der Waals surface area contributed by atoms with Gasteiger partial charge in [-0.15, -0.1) is 0 Å². The molecule has 30 heavy (non-hydrogen) atoms. The van der Waals surface area contributed by atoms with Crippen molar-refractivity contribution in [2.75, 3.05) is 5.32 Å². The summed E-state index contributed by atoms with van der Waals surface area (Å²) in [6, 6.07) is 22.6. The highest BCUT2D eigenvalue weighted by Crippen LogP contribution is 2.32. The molecule has 0 fully saturated rings. The molecule has 1 aliphatic rings. The molecular formula is C25H23NO4. The first-order valence-corrected chi connectivity index (χ1v) is 9.85. The zero-order valence-corrected chi connectivity index (χ0v) is 17.0. The standard InChI is InChI=1S/C25H23NO4/c1-17-12-13-21(22(14-17)29-16-18-8-4-3-5-9-18)26-24(28)25(2)15-19-10-6-7-11-20(19)23(27)30-25/h3-14H,15-16H2,1-2H3,(H,26,28). The van der Waals surface area contributed by atoms with Crippen LogP contribution < -0.4 is 10.1 Å². The number of hydrogen-bond donors (Lipinski definition) is 1. The van der Waals surface area contributed by atoms with Crippen molar-refractivity contribution in [3.63, 3.8) is 0 Å². The molecule has 1 heterocycles. The Bertz CT molecular complexity index is 1090. The number of benzene rings is 3. The Morgan fingerprint density at radius 1 is 1.07 bits per heavy atom. The zero-order chi connectivity index (χ0) is 21.1. The van der Waals surface area contributed by atoms with Gasteiger partial charge in [-0.3, -0.25) is 4.79 Å². The molecule has 1 N–H and O–H groups in total. The van der Waals surface area contributed by atoms with E-state index in [9.17, 15) is 9.59 Å². The lowest BCUT2D eigenvalue weighted by Crippen LogP contribution is -2.48. The molecule has 3 aromatic rings. The first-order valence-electron chi connectivity index (χ1n) is 9.85. The number of amides is 1. The van der Waals surface area contributed by atoms with E-state index in [4.69, 9.17) is 9.47 Å². The number of cyclic esters (lactones) is 1. The molecule has 0 spiro atoms. The molecule has 3 aromatic carbocycles. The molecule has 1 unspecified atom stereocenters. The molecule has 5 nitrogen and oxygen atoms in total. The van der Waals surface area contributed by atoms with E-state index in [0.717, 1.165) is 16.7 Å². The number of esters is 1. The molecule has 0 saturated carbocycles. The fourth-order valence-corrected chi connectivity index (χ4v) is 3.50. The fraction of sp³-hybridized carbons (Fsp3) is 0.200. The zero-order valence-electron chi connectivity index (χ0n) is 17.0. The van der Waals surface area contributed by atoms with Gasteiger partial charge in [-0.05, 0) is 48.7 Å². The lowest BCUT2D eigenvalue weighted by Gasteiger charge is -2.33. The molecule has 1 amide bonds. The van der Waals surface area contributed by atoms with Crippen molar-refractivity contribution < 1.29 is 19.1 Å².